The van der Waals surface area contributed by atoms with Gasteiger partial charge in [-0.05, 0) is 35.9 Å². The van der Waals surface area contributed by atoms with Crippen molar-refractivity contribution in [3.8, 4) is 6.07 Å². The fourth-order valence-corrected chi connectivity index (χ4v) is 3.62. The van der Waals surface area contributed by atoms with Gasteiger partial charge in [0.25, 0.3) is 0 Å². The highest BCUT2D eigenvalue weighted by Crippen LogP contribution is 2.33. The van der Waals surface area contributed by atoms with E-state index < -0.39 is 0 Å². The first kappa shape index (κ1) is 15.3. The summed E-state index contributed by atoms with van der Waals surface area (Å²) >= 11 is 1.55. The Hall–Kier alpha value is -3.23. The second kappa shape index (κ2) is 6.71. The second-order valence-corrected chi connectivity index (χ2v) is 6.47. The van der Waals surface area contributed by atoms with E-state index in [9.17, 15) is 5.26 Å². The molecule has 2 aromatic heterocycles. The van der Waals surface area contributed by atoms with E-state index in [1.165, 1.54) is 0 Å². The maximum atomic E-state index is 9.40. The lowest BCUT2D eigenvalue weighted by atomic mass is 10.1. The lowest BCUT2D eigenvalue weighted by Gasteiger charge is -2.22. The van der Waals surface area contributed by atoms with Crippen molar-refractivity contribution in [2.75, 3.05) is 4.90 Å². The zero-order valence-electron chi connectivity index (χ0n) is 13.3. The van der Waals surface area contributed by atoms with Crippen LogP contribution in [-0.2, 0) is 6.54 Å². The Labute approximate surface area is 149 Å². The Kier molecular flexibility index (Phi) is 4.11. The van der Waals surface area contributed by atoms with Crippen LogP contribution in [-0.4, -0.2) is 9.97 Å². The van der Waals surface area contributed by atoms with Gasteiger partial charge in [-0.2, -0.15) is 5.26 Å². The van der Waals surface area contributed by atoms with Crippen molar-refractivity contribution in [1.29, 1.82) is 5.26 Å². The molecule has 0 aliphatic carbocycles. The minimum atomic E-state index is 0.577. The maximum Gasteiger partial charge on any atom is 0.192 e. The summed E-state index contributed by atoms with van der Waals surface area (Å²) in [5.74, 6) is 0. The lowest BCUT2D eigenvalue weighted by Crippen LogP contribution is -2.16. The molecule has 0 saturated carbocycles. The molecular formula is C20H14N4S. The van der Waals surface area contributed by atoms with Gasteiger partial charge in [-0.25, -0.2) is 9.97 Å². The lowest BCUT2D eigenvalue weighted by molar-refractivity contribution is 0.964. The second-order valence-electron chi connectivity index (χ2n) is 5.51. The molecule has 120 valence electrons. The molecule has 0 saturated heterocycles. The molecule has 4 nitrogen and oxygen atoms in total. The highest BCUT2D eigenvalue weighted by Gasteiger charge is 2.16. The van der Waals surface area contributed by atoms with Crippen LogP contribution in [0, 0.1) is 11.3 Å². The number of anilines is 2. The number of fused-ring (bicyclic) bond motifs is 1. The van der Waals surface area contributed by atoms with Crippen molar-refractivity contribution in [3.63, 3.8) is 0 Å². The molecule has 4 aromatic rings. The molecule has 0 aliphatic heterocycles. The molecule has 0 spiro atoms. The Balaban J connectivity index is 1.81. The van der Waals surface area contributed by atoms with Crippen LogP contribution in [0.3, 0.4) is 0 Å². The third-order valence-electron chi connectivity index (χ3n) is 3.92. The molecule has 2 heterocycles. The third-order valence-corrected chi connectivity index (χ3v) is 4.92. The van der Waals surface area contributed by atoms with Crippen LogP contribution in [0.25, 0.3) is 10.3 Å². The number of aromatic nitrogens is 2. The number of nitrogens with zero attached hydrogens (tertiary/aromatic N) is 4. The van der Waals surface area contributed by atoms with Gasteiger partial charge >= 0.3 is 0 Å². The van der Waals surface area contributed by atoms with Gasteiger partial charge in [-0.15, -0.1) is 0 Å². The van der Waals surface area contributed by atoms with E-state index in [1.54, 1.807) is 17.5 Å². The summed E-state index contributed by atoms with van der Waals surface area (Å²) in [4.78, 5) is 12.2. The first-order valence-electron chi connectivity index (χ1n) is 7.87. The molecule has 0 N–H and O–H groups in total. The maximum absolute atomic E-state index is 9.40. The van der Waals surface area contributed by atoms with Crippen LogP contribution in [0.2, 0.25) is 0 Å². The van der Waals surface area contributed by atoms with Crippen molar-refractivity contribution in [2.45, 2.75) is 6.54 Å². The van der Waals surface area contributed by atoms with Crippen LogP contribution in [0.5, 0.6) is 0 Å². The van der Waals surface area contributed by atoms with Gasteiger partial charge < -0.3 is 4.90 Å². The number of hydrogen-bond donors (Lipinski definition) is 0. The zero-order valence-corrected chi connectivity index (χ0v) is 14.1. The third kappa shape index (κ3) is 3.08. The number of pyridine rings is 1. The van der Waals surface area contributed by atoms with Crippen molar-refractivity contribution in [2.24, 2.45) is 0 Å². The molecule has 0 radical (unpaired) electrons. The highest BCUT2D eigenvalue weighted by atomic mass is 32.1. The van der Waals surface area contributed by atoms with E-state index >= 15 is 0 Å². The molecule has 0 bridgehead atoms. The Bertz CT molecular complexity index is 1020. The van der Waals surface area contributed by atoms with E-state index in [4.69, 9.17) is 4.98 Å². The SMILES string of the molecule is N#Cc1ccccc1CN(c1ccccc1)c1nc2cccnc2s1. The number of benzene rings is 2. The van der Waals surface area contributed by atoms with E-state index in [0.717, 1.165) is 26.7 Å². The molecule has 0 amide bonds. The van der Waals surface area contributed by atoms with E-state index in [-0.39, 0.29) is 0 Å². The Morgan fingerprint density at radius 3 is 2.56 bits per heavy atom. The molecule has 5 heteroatoms. The Morgan fingerprint density at radius 2 is 1.76 bits per heavy atom. The van der Waals surface area contributed by atoms with Crippen molar-refractivity contribution >= 4 is 32.5 Å². The van der Waals surface area contributed by atoms with Gasteiger partial charge in [0.15, 0.2) is 5.13 Å². The van der Waals surface area contributed by atoms with E-state index in [1.807, 2.05) is 54.6 Å². The summed E-state index contributed by atoms with van der Waals surface area (Å²) in [6.07, 6.45) is 1.78. The van der Waals surface area contributed by atoms with Crippen LogP contribution >= 0.6 is 11.3 Å². The monoisotopic (exact) mass is 342 g/mol. The Morgan fingerprint density at radius 1 is 0.960 bits per heavy atom. The van der Waals surface area contributed by atoms with Gasteiger partial charge in [-0.3, -0.25) is 0 Å². The molecule has 4 rings (SSSR count). The summed E-state index contributed by atoms with van der Waals surface area (Å²) in [7, 11) is 0. The summed E-state index contributed by atoms with van der Waals surface area (Å²) in [5.41, 5.74) is 3.58. The van der Waals surface area contributed by atoms with Crippen molar-refractivity contribution in [3.05, 3.63) is 84.1 Å². The molecule has 2 aromatic carbocycles. The molecule has 0 unspecified atom stereocenters. The first-order valence-corrected chi connectivity index (χ1v) is 8.69. The predicted octanol–water partition coefficient (Wildman–Crippen LogP) is 4.90. The number of rotatable bonds is 4. The molecule has 0 fully saturated rings. The topological polar surface area (TPSA) is 52.8 Å². The van der Waals surface area contributed by atoms with Crippen LogP contribution in [0.15, 0.2) is 72.9 Å². The smallest absolute Gasteiger partial charge is 0.192 e. The summed E-state index contributed by atoms with van der Waals surface area (Å²) in [6, 6.07) is 23.9. The van der Waals surface area contributed by atoms with Crippen LogP contribution < -0.4 is 4.90 Å². The quantitative estimate of drug-likeness (QED) is 0.529. The average Bonchev–Trinajstić information content (AvgIpc) is 3.11. The largest absolute Gasteiger partial charge is 0.313 e. The summed E-state index contributed by atoms with van der Waals surface area (Å²) in [6.45, 7) is 0.577. The number of para-hydroxylation sites is 1. The standard InChI is InChI=1S/C20H14N4S/c21-13-15-7-4-5-8-16(15)14-24(17-9-2-1-3-10-17)20-23-18-11-6-12-22-19(18)25-20/h1-12H,14H2. The van der Waals surface area contributed by atoms with Gasteiger partial charge in [0, 0.05) is 11.9 Å². The van der Waals surface area contributed by atoms with Gasteiger partial charge in [0.1, 0.15) is 10.3 Å². The highest BCUT2D eigenvalue weighted by molar-refractivity contribution is 7.21. The number of nitriles is 1. The minimum Gasteiger partial charge on any atom is -0.313 e. The molecule has 25 heavy (non-hydrogen) atoms. The number of thiazole rings is 1. The fraction of sp³-hybridized carbons (Fsp3) is 0.0500. The van der Waals surface area contributed by atoms with E-state index in [2.05, 4.69) is 28.1 Å². The summed E-state index contributed by atoms with van der Waals surface area (Å²) in [5, 5.41) is 10.3. The van der Waals surface area contributed by atoms with Crippen molar-refractivity contribution < 1.29 is 0 Å². The summed E-state index contributed by atoms with van der Waals surface area (Å²) < 4.78 is 0. The number of hydrogen-bond acceptors (Lipinski definition) is 5. The molecule has 0 aliphatic rings. The predicted molar refractivity (Wildman–Crippen MR) is 101 cm³/mol. The van der Waals surface area contributed by atoms with Crippen molar-refractivity contribution in [1.82, 2.24) is 9.97 Å². The molecule has 0 atom stereocenters. The van der Waals surface area contributed by atoms with Crippen LogP contribution in [0.1, 0.15) is 11.1 Å². The normalized spacial score (nSPS) is 10.5. The van der Waals surface area contributed by atoms with Gasteiger partial charge in [0.05, 0.1) is 18.2 Å². The first-order chi connectivity index (χ1) is 12.3. The van der Waals surface area contributed by atoms with Gasteiger partial charge in [-0.1, -0.05) is 47.7 Å². The average molecular weight is 342 g/mol. The van der Waals surface area contributed by atoms with Crippen LogP contribution in [0.4, 0.5) is 10.8 Å². The van der Waals surface area contributed by atoms with E-state index in [0.29, 0.717) is 12.1 Å². The van der Waals surface area contributed by atoms with Gasteiger partial charge in [0.2, 0.25) is 0 Å². The fourth-order valence-electron chi connectivity index (χ4n) is 2.69. The minimum absolute atomic E-state index is 0.577. The molecular weight excluding hydrogens is 328 g/mol. The zero-order chi connectivity index (χ0) is 17.1.